The highest BCUT2D eigenvalue weighted by molar-refractivity contribution is 9.10. The SMILES string of the molecule is COc1ccc(CNc2cc(Br)c(F)cc2C)cc1Br. The lowest BCUT2D eigenvalue weighted by Gasteiger charge is -2.12. The molecular formula is C15H14Br2FNO. The molecule has 0 aliphatic carbocycles. The van der Waals surface area contributed by atoms with E-state index in [0.29, 0.717) is 11.0 Å². The molecular weight excluding hydrogens is 389 g/mol. The van der Waals surface area contributed by atoms with Gasteiger partial charge in [0, 0.05) is 12.2 Å². The summed E-state index contributed by atoms with van der Waals surface area (Å²) >= 11 is 6.66. The molecule has 0 heterocycles. The maximum atomic E-state index is 13.4. The Labute approximate surface area is 134 Å². The summed E-state index contributed by atoms with van der Waals surface area (Å²) in [5, 5.41) is 3.30. The first-order valence-electron chi connectivity index (χ1n) is 6.03. The molecule has 0 aromatic heterocycles. The molecule has 1 N–H and O–H groups in total. The molecule has 0 aliphatic heterocycles. The molecule has 2 rings (SSSR count). The van der Waals surface area contributed by atoms with Gasteiger partial charge in [-0.05, 0) is 74.2 Å². The molecule has 0 bridgehead atoms. The molecule has 0 unspecified atom stereocenters. The van der Waals surface area contributed by atoms with Crippen molar-refractivity contribution in [3.05, 3.63) is 56.2 Å². The highest BCUT2D eigenvalue weighted by Crippen LogP contribution is 2.27. The van der Waals surface area contributed by atoms with Crippen LogP contribution in [0.3, 0.4) is 0 Å². The Morgan fingerprint density at radius 2 is 1.90 bits per heavy atom. The van der Waals surface area contributed by atoms with Gasteiger partial charge in [0.05, 0.1) is 16.1 Å². The summed E-state index contributed by atoms with van der Waals surface area (Å²) < 4.78 is 19.9. The Bertz CT molecular complexity index is 632. The molecule has 0 atom stereocenters. The van der Waals surface area contributed by atoms with E-state index < -0.39 is 0 Å². The molecule has 0 fully saturated rings. The van der Waals surface area contributed by atoms with E-state index >= 15 is 0 Å². The summed E-state index contributed by atoms with van der Waals surface area (Å²) in [6.07, 6.45) is 0. The highest BCUT2D eigenvalue weighted by atomic mass is 79.9. The van der Waals surface area contributed by atoms with Crippen molar-refractivity contribution in [2.75, 3.05) is 12.4 Å². The zero-order valence-corrected chi connectivity index (χ0v) is 14.3. The first kappa shape index (κ1) is 15.3. The summed E-state index contributed by atoms with van der Waals surface area (Å²) in [7, 11) is 1.64. The van der Waals surface area contributed by atoms with Crippen molar-refractivity contribution < 1.29 is 9.13 Å². The molecule has 2 aromatic rings. The molecule has 20 heavy (non-hydrogen) atoms. The molecule has 0 amide bonds. The van der Waals surface area contributed by atoms with Crippen molar-refractivity contribution in [1.29, 1.82) is 0 Å². The Morgan fingerprint density at radius 3 is 2.55 bits per heavy atom. The third-order valence-corrected chi connectivity index (χ3v) is 4.19. The molecule has 0 saturated heterocycles. The van der Waals surface area contributed by atoms with Crippen LogP contribution >= 0.6 is 31.9 Å². The number of anilines is 1. The fraction of sp³-hybridized carbons (Fsp3) is 0.200. The van der Waals surface area contributed by atoms with Crippen LogP contribution in [0.5, 0.6) is 5.75 Å². The lowest BCUT2D eigenvalue weighted by atomic mass is 10.1. The van der Waals surface area contributed by atoms with Crippen molar-refractivity contribution in [3.63, 3.8) is 0 Å². The van der Waals surface area contributed by atoms with Crippen LogP contribution in [0.25, 0.3) is 0 Å². The Kier molecular flexibility index (Phi) is 5.05. The Balaban J connectivity index is 2.13. The summed E-state index contributed by atoms with van der Waals surface area (Å²) in [5.74, 6) is 0.551. The van der Waals surface area contributed by atoms with E-state index in [2.05, 4.69) is 37.2 Å². The zero-order chi connectivity index (χ0) is 14.7. The van der Waals surface area contributed by atoms with Gasteiger partial charge in [0.1, 0.15) is 11.6 Å². The van der Waals surface area contributed by atoms with E-state index in [-0.39, 0.29) is 5.82 Å². The van der Waals surface area contributed by atoms with E-state index in [1.807, 2.05) is 25.1 Å². The fourth-order valence-electron chi connectivity index (χ4n) is 1.85. The van der Waals surface area contributed by atoms with E-state index in [9.17, 15) is 4.39 Å². The van der Waals surface area contributed by atoms with Crippen molar-refractivity contribution in [2.24, 2.45) is 0 Å². The Morgan fingerprint density at radius 1 is 1.15 bits per heavy atom. The molecule has 2 nitrogen and oxygen atoms in total. The number of halogens is 3. The predicted molar refractivity (Wildman–Crippen MR) is 86.9 cm³/mol. The van der Waals surface area contributed by atoms with E-state index in [4.69, 9.17) is 4.74 Å². The summed E-state index contributed by atoms with van der Waals surface area (Å²) in [6, 6.07) is 9.17. The number of aryl methyl sites for hydroxylation is 1. The first-order valence-corrected chi connectivity index (χ1v) is 7.62. The second-order valence-corrected chi connectivity index (χ2v) is 6.11. The van der Waals surface area contributed by atoms with Crippen LogP contribution in [0.2, 0.25) is 0 Å². The average molecular weight is 403 g/mol. The molecule has 2 aromatic carbocycles. The lowest BCUT2D eigenvalue weighted by molar-refractivity contribution is 0.412. The van der Waals surface area contributed by atoms with Crippen LogP contribution in [-0.2, 0) is 6.54 Å². The van der Waals surface area contributed by atoms with Crippen LogP contribution in [-0.4, -0.2) is 7.11 Å². The lowest BCUT2D eigenvalue weighted by Crippen LogP contribution is -2.02. The minimum atomic E-state index is -0.250. The molecule has 0 spiro atoms. The minimum absolute atomic E-state index is 0.250. The molecule has 0 aliphatic rings. The Hall–Kier alpha value is -1.07. The van der Waals surface area contributed by atoms with Crippen LogP contribution in [0.1, 0.15) is 11.1 Å². The zero-order valence-electron chi connectivity index (χ0n) is 11.1. The van der Waals surface area contributed by atoms with Gasteiger partial charge in [0.25, 0.3) is 0 Å². The summed E-state index contributed by atoms with van der Waals surface area (Å²) in [6.45, 7) is 2.53. The number of hydrogen-bond acceptors (Lipinski definition) is 2. The van der Waals surface area contributed by atoms with E-state index in [1.54, 1.807) is 13.2 Å². The average Bonchev–Trinajstić information content (AvgIpc) is 2.41. The highest BCUT2D eigenvalue weighted by Gasteiger charge is 2.06. The molecule has 0 saturated carbocycles. The van der Waals surface area contributed by atoms with Gasteiger partial charge >= 0.3 is 0 Å². The van der Waals surface area contributed by atoms with E-state index in [0.717, 1.165) is 27.0 Å². The molecule has 0 radical (unpaired) electrons. The largest absolute Gasteiger partial charge is 0.496 e. The van der Waals surface area contributed by atoms with Gasteiger partial charge in [0.2, 0.25) is 0 Å². The van der Waals surface area contributed by atoms with Gasteiger partial charge in [-0.3, -0.25) is 0 Å². The third-order valence-electron chi connectivity index (χ3n) is 2.97. The second-order valence-electron chi connectivity index (χ2n) is 4.40. The summed E-state index contributed by atoms with van der Waals surface area (Å²) in [5.41, 5.74) is 2.89. The number of hydrogen-bond donors (Lipinski definition) is 1. The topological polar surface area (TPSA) is 21.3 Å². The number of methoxy groups -OCH3 is 1. The maximum Gasteiger partial charge on any atom is 0.137 e. The monoisotopic (exact) mass is 401 g/mol. The normalized spacial score (nSPS) is 10.4. The van der Waals surface area contributed by atoms with Gasteiger partial charge in [-0.1, -0.05) is 6.07 Å². The first-order chi connectivity index (χ1) is 9.51. The van der Waals surface area contributed by atoms with Gasteiger partial charge < -0.3 is 10.1 Å². The quantitative estimate of drug-likeness (QED) is 0.751. The summed E-state index contributed by atoms with van der Waals surface area (Å²) in [4.78, 5) is 0. The van der Waals surface area contributed by atoms with Crippen molar-refractivity contribution in [3.8, 4) is 5.75 Å². The second kappa shape index (κ2) is 6.59. The van der Waals surface area contributed by atoms with Gasteiger partial charge in [-0.15, -0.1) is 0 Å². The van der Waals surface area contributed by atoms with Gasteiger partial charge in [-0.25, -0.2) is 4.39 Å². The molecule has 106 valence electrons. The van der Waals surface area contributed by atoms with Crippen LogP contribution in [0.15, 0.2) is 39.3 Å². The van der Waals surface area contributed by atoms with E-state index in [1.165, 1.54) is 6.07 Å². The standard InChI is InChI=1S/C15H14Br2FNO/c1-9-5-13(18)11(16)7-14(9)19-8-10-3-4-15(20-2)12(17)6-10/h3-7,19H,8H2,1-2H3. The van der Waals surface area contributed by atoms with Crippen LogP contribution in [0, 0.1) is 12.7 Å². The van der Waals surface area contributed by atoms with Crippen molar-refractivity contribution >= 4 is 37.5 Å². The number of ether oxygens (including phenoxy) is 1. The van der Waals surface area contributed by atoms with Crippen LogP contribution < -0.4 is 10.1 Å². The smallest absolute Gasteiger partial charge is 0.137 e. The van der Waals surface area contributed by atoms with Crippen molar-refractivity contribution in [1.82, 2.24) is 0 Å². The van der Waals surface area contributed by atoms with Crippen molar-refractivity contribution in [2.45, 2.75) is 13.5 Å². The van der Waals surface area contributed by atoms with Gasteiger partial charge in [-0.2, -0.15) is 0 Å². The minimum Gasteiger partial charge on any atom is -0.496 e. The maximum absolute atomic E-state index is 13.4. The number of benzene rings is 2. The van der Waals surface area contributed by atoms with Crippen LogP contribution in [0.4, 0.5) is 10.1 Å². The van der Waals surface area contributed by atoms with Gasteiger partial charge in [0.15, 0.2) is 0 Å². The number of nitrogens with one attached hydrogen (secondary N) is 1. The fourth-order valence-corrected chi connectivity index (χ4v) is 2.79. The molecule has 5 heteroatoms. The number of rotatable bonds is 4. The third kappa shape index (κ3) is 3.52. The predicted octanol–water partition coefficient (Wildman–Crippen LogP) is 5.28.